The van der Waals surface area contributed by atoms with E-state index in [1.807, 2.05) is 0 Å². The van der Waals surface area contributed by atoms with Crippen molar-refractivity contribution in [3.63, 3.8) is 0 Å². The number of H-pyrrole nitrogens is 1. The van der Waals surface area contributed by atoms with Crippen LogP contribution in [0, 0.1) is 12.7 Å². The zero-order valence-electron chi connectivity index (χ0n) is 14.9. The number of alkyl halides is 1. The highest BCUT2D eigenvalue weighted by Gasteiger charge is 2.36. The van der Waals surface area contributed by atoms with Crippen LogP contribution in [0.1, 0.15) is 18.4 Å². The molecular formula is C17H19F2N5O2S. The van der Waals surface area contributed by atoms with E-state index in [1.54, 1.807) is 14.0 Å². The fraction of sp³-hybridized carbons (Fsp3) is 0.412. The molecule has 1 N–H and O–H groups in total. The number of aromatic amines is 1. The number of rotatable bonds is 4. The molecule has 0 unspecified atom stereocenters. The van der Waals surface area contributed by atoms with E-state index in [0.717, 1.165) is 4.31 Å². The van der Waals surface area contributed by atoms with Crippen molar-refractivity contribution in [2.45, 2.75) is 30.8 Å². The number of hydrogen-bond acceptors (Lipinski definition) is 4. The third-order valence-corrected chi connectivity index (χ3v) is 6.82. The summed E-state index contributed by atoms with van der Waals surface area (Å²) >= 11 is 0. The summed E-state index contributed by atoms with van der Waals surface area (Å²) in [5.74, 6) is -0.183. The van der Waals surface area contributed by atoms with Gasteiger partial charge >= 0.3 is 0 Å². The summed E-state index contributed by atoms with van der Waals surface area (Å²) in [4.78, 5) is 6.89. The Morgan fingerprint density at radius 1 is 1.37 bits per heavy atom. The van der Waals surface area contributed by atoms with E-state index < -0.39 is 28.6 Å². The monoisotopic (exact) mass is 395 g/mol. The van der Waals surface area contributed by atoms with Gasteiger partial charge in [-0.15, -0.1) is 0 Å². The molecule has 7 nitrogen and oxygen atoms in total. The molecule has 0 aliphatic carbocycles. The van der Waals surface area contributed by atoms with Gasteiger partial charge in [0.15, 0.2) is 5.82 Å². The molecule has 1 aliphatic heterocycles. The van der Waals surface area contributed by atoms with E-state index in [9.17, 15) is 17.2 Å². The van der Waals surface area contributed by atoms with Crippen LogP contribution in [0.25, 0.3) is 22.3 Å². The smallest absolute Gasteiger partial charge is 0.258 e. The molecule has 1 atom stereocenters. The summed E-state index contributed by atoms with van der Waals surface area (Å²) < 4.78 is 56.4. The summed E-state index contributed by atoms with van der Waals surface area (Å²) in [6.07, 6.45) is 2.60. The van der Waals surface area contributed by atoms with Gasteiger partial charge in [-0.05, 0) is 37.5 Å². The van der Waals surface area contributed by atoms with Gasteiger partial charge in [0.2, 0.25) is 0 Å². The van der Waals surface area contributed by atoms with Gasteiger partial charge in [0, 0.05) is 24.5 Å². The van der Waals surface area contributed by atoms with Gasteiger partial charge in [-0.1, -0.05) is 0 Å². The number of sulfonamides is 1. The second-order valence-electron chi connectivity index (χ2n) is 6.78. The molecule has 1 aromatic carbocycles. The Labute approximate surface area is 155 Å². The minimum absolute atomic E-state index is 0.0672. The highest BCUT2D eigenvalue weighted by atomic mass is 32.2. The quantitative estimate of drug-likeness (QED) is 0.736. The number of hydrogen-bond donors (Lipinski definition) is 1. The SMILES string of the molecule is Cc1cc(F)c2[nH]c(S(=O)(=O)N3CCC[C@H]3CF)cc2c1-c1ncn(C)n1. The third-order valence-electron chi connectivity index (χ3n) is 4.95. The third kappa shape index (κ3) is 2.83. The molecule has 0 saturated carbocycles. The number of nitrogens with one attached hydrogen (secondary N) is 1. The molecule has 0 spiro atoms. The lowest BCUT2D eigenvalue weighted by Gasteiger charge is -2.20. The first-order chi connectivity index (χ1) is 12.8. The Hall–Kier alpha value is -2.33. The Morgan fingerprint density at radius 3 is 2.81 bits per heavy atom. The maximum Gasteiger partial charge on any atom is 0.258 e. The average Bonchev–Trinajstić information content (AvgIpc) is 3.33. The average molecular weight is 395 g/mol. The fourth-order valence-corrected chi connectivity index (χ4v) is 5.33. The zero-order valence-corrected chi connectivity index (χ0v) is 15.7. The van der Waals surface area contributed by atoms with Crippen LogP contribution in [-0.4, -0.2) is 51.7 Å². The Bertz CT molecular complexity index is 1120. The van der Waals surface area contributed by atoms with E-state index in [-0.39, 0.29) is 17.1 Å². The summed E-state index contributed by atoms with van der Waals surface area (Å²) in [6, 6.07) is 2.03. The largest absolute Gasteiger partial charge is 0.342 e. The Kier molecular flexibility index (Phi) is 4.26. The lowest BCUT2D eigenvalue weighted by molar-refractivity contribution is 0.311. The second kappa shape index (κ2) is 6.38. The molecule has 3 heterocycles. The maximum absolute atomic E-state index is 14.5. The first-order valence-electron chi connectivity index (χ1n) is 8.58. The predicted octanol–water partition coefficient (Wildman–Crippen LogP) is 2.53. The minimum atomic E-state index is -3.96. The Balaban J connectivity index is 1.91. The van der Waals surface area contributed by atoms with Crippen LogP contribution in [0.2, 0.25) is 0 Å². The van der Waals surface area contributed by atoms with E-state index >= 15 is 0 Å². The van der Waals surface area contributed by atoms with Crippen LogP contribution in [0.3, 0.4) is 0 Å². The van der Waals surface area contributed by atoms with E-state index in [2.05, 4.69) is 15.1 Å². The summed E-state index contributed by atoms with van der Waals surface area (Å²) in [6.45, 7) is 1.23. The summed E-state index contributed by atoms with van der Waals surface area (Å²) in [5.41, 5.74) is 1.22. The normalized spacial score (nSPS) is 18.6. The Morgan fingerprint density at radius 2 is 2.15 bits per heavy atom. The van der Waals surface area contributed by atoms with Gasteiger partial charge < -0.3 is 4.98 Å². The fourth-order valence-electron chi connectivity index (χ4n) is 3.66. The number of benzene rings is 1. The number of aryl methyl sites for hydroxylation is 2. The molecule has 0 amide bonds. The van der Waals surface area contributed by atoms with Crippen LogP contribution in [0.5, 0.6) is 0 Å². The molecule has 1 aliphatic rings. The lowest BCUT2D eigenvalue weighted by atomic mass is 10.0. The number of aromatic nitrogens is 4. The van der Waals surface area contributed by atoms with Crippen LogP contribution in [0.15, 0.2) is 23.5 Å². The first kappa shape index (κ1) is 18.1. The van der Waals surface area contributed by atoms with Crippen LogP contribution in [-0.2, 0) is 17.1 Å². The van der Waals surface area contributed by atoms with Crippen molar-refractivity contribution >= 4 is 20.9 Å². The number of nitrogens with zero attached hydrogens (tertiary/aromatic N) is 4. The van der Waals surface area contributed by atoms with E-state index in [0.29, 0.717) is 35.2 Å². The topological polar surface area (TPSA) is 83.9 Å². The molecule has 1 saturated heterocycles. The van der Waals surface area contributed by atoms with Crippen LogP contribution < -0.4 is 0 Å². The highest BCUT2D eigenvalue weighted by Crippen LogP contribution is 2.35. The van der Waals surface area contributed by atoms with E-state index in [4.69, 9.17) is 0 Å². The second-order valence-corrected chi connectivity index (χ2v) is 8.64. The molecule has 3 aromatic rings. The van der Waals surface area contributed by atoms with Crippen molar-refractivity contribution in [1.29, 1.82) is 0 Å². The minimum Gasteiger partial charge on any atom is -0.342 e. The first-order valence-corrected chi connectivity index (χ1v) is 10.0. The molecular weight excluding hydrogens is 376 g/mol. The molecule has 27 heavy (non-hydrogen) atoms. The summed E-state index contributed by atoms with van der Waals surface area (Å²) in [7, 11) is -2.25. The molecule has 2 aromatic heterocycles. The van der Waals surface area contributed by atoms with Gasteiger partial charge in [0.1, 0.15) is 23.8 Å². The standard InChI is InChI=1S/C17H19F2N5O2S/c1-10-6-13(19)16-12(15(10)17-20-9-23(2)22-17)7-14(21-16)27(25,26)24-5-3-4-11(24)8-18/h6-7,9,11,21H,3-5,8H2,1-2H3/t11-/m0/s1. The van der Waals surface area contributed by atoms with E-state index in [1.165, 1.54) is 23.1 Å². The maximum atomic E-state index is 14.5. The van der Waals surface area contributed by atoms with Crippen molar-refractivity contribution < 1.29 is 17.2 Å². The summed E-state index contributed by atoms with van der Waals surface area (Å²) in [5, 5.41) is 4.48. The van der Waals surface area contributed by atoms with Gasteiger partial charge in [0.05, 0.1) is 11.6 Å². The number of fused-ring (bicyclic) bond motifs is 1. The zero-order chi connectivity index (χ0) is 19.3. The van der Waals surface area contributed by atoms with Crippen molar-refractivity contribution in [3.05, 3.63) is 29.8 Å². The number of halogens is 2. The van der Waals surface area contributed by atoms with Gasteiger partial charge in [-0.3, -0.25) is 4.68 Å². The van der Waals surface area contributed by atoms with Gasteiger partial charge in [0.25, 0.3) is 10.0 Å². The van der Waals surface area contributed by atoms with Crippen molar-refractivity contribution in [3.8, 4) is 11.4 Å². The van der Waals surface area contributed by atoms with Crippen LogP contribution >= 0.6 is 0 Å². The van der Waals surface area contributed by atoms with Gasteiger partial charge in [-0.2, -0.15) is 9.40 Å². The van der Waals surface area contributed by atoms with Crippen molar-refractivity contribution in [2.75, 3.05) is 13.2 Å². The molecule has 144 valence electrons. The molecule has 4 rings (SSSR count). The molecule has 10 heteroatoms. The molecule has 0 radical (unpaired) electrons. The highest BCUT2D eigenvalue weighted by molar-refractivity contribution is 7.89. The molecule has 1 fully saturated rings. The van der Waals surface area contributed by atoms with Gasteiger partial charge in [-0.25, -0.2) is 22.2 Å². The predicted molar refractivity (Wildman–Crippen MR) is 95.9 cm³/mol. The van der Waals surface area contributed by atoms with Crippen molar-refractivity contribution in [1.82, 2.24) is 24.1 Å². The molecule has 0 bridgehead atoms. The lowest BCUT2D eigenvalue weighted by Crippen LogP contribution is -2.36. The van der Waals surface area contributed by atoms with Crippen LogP contribution in [0.4, 0.5) is 8.78 Å². The van der Waals surface area contributed by atoms with Crippen molar-refractivity contribution in [2.24, 2.45) is 7.05 Å².